The van der Waals surface area contributed by atoms with Crippen molar-refractivity contribution in [1.82, 2.24) is 0 Å². The van der Waals surface area contributed by atoms with E-state index in [9.17, 15) is 5.11 Å². The van der Waals surface area contributed by atoms with Gasteiger partial charge >= 0.3 is 52.5 Å². The van der Waals surface area contributed by atoms with E-state index in [1.807, 2.05) is 0 Å². The Morgan fingerprint density at radius 1 is 1.00 bits per heavy atom. The molecule has 0 aromatic rings. The third-order valence-corrected chi connectivity index (χ3v) is 2.96. The first kappa shape index (κ1) is 15.0. The molecule has 0 saturated heterocycles. The molecule has 0 atom stereocenters. The molecule has 0 amide bonds. The summed E-state index contributed by atoms with van der Waals surface area (Å²) in [6.45, 7) is 9.43. The van der Waals surface area contributed by atoms with Crippen LogP contribution in [0.2, 0.25) is 10.6 Å². The zero-order valence-corrected chi connectivity index (χ0v) is 10.5. The van der Waals surface area contributed by atoms with Crippen LogP contribution in [0.1, 0.15) is 47.5 Å². The molecule has 0 spiro atoms. The van der Waals surface area contributed by atoms with Crippen LogP contribution in [0.4, 0.5) is 0 Å². The second-order valence-electron chi connectivity index (χ2n) is 3.98. The second kappa shape index (κ2) is 9.58. The van der Waals surface area contributed by atoms with Gasteiger partial charge in [-0.15, -0.1) is 5.60 Å². The first-order chi connectivity index (χ1) is 5.41. The summed E-state index contributed by atoms with van der Waals surface area (Å²) in [7, 11) is 0. The van der Waals surface area contributed by atoms with Crippen molar-refractivity contribution >= 4 is 15.2 Å². The van der Waals surface area contributed by atoms with Gasteiger partial charge in [0.25, 0.3) is 0 Å². The Bertz CT molecular complexity index is 66.4. The minimum absolute atomic E-state index is 0.750. The van der Waals surface area contributed by atoms with E-state index in [0.717, 1.165) is 15.2 Å². The van der Waals surface area contributed by atoms with Crippen LogP contribution in [0.5, 0.6) is 0 Å². The van der Waals surface area contributed by atoms with Gasteiger partial charge in [-0.25, -0.2) is 0 Å². The van der Waals surface area contributed by atoms with Crippen molar-refractivity contribution in [2.45, 2.75) is 63.6 Å². The second-order valence-corrected chi connectivity index (χ2v) is 5.71. The maximum absolute atomic E-state index is 10.1. The Balaban J connectivity index is 0. The first-order valence-electron chi connectivity index (χ1n) is 4.93. The summed E-state index contributed by atoms with van der Waals surface area (Å²) >= 11 is 0.822. The van der Waals surface area contributed by atoms with Crippen LogP contribution >= 0.6 is 0 Å². The van der Waals surface area contributed by atoms with Gasteiger partial charge in [-0.05, 0) is 0 Å². The van der Waals surface area contributed by atoms with E-state index in [1.165, 1.54) is 23.4 Å². The molecule has 2 heteroatoms. The van der Waals surface area contributed by atoms with Crippen molar-refractivity contribution in [3.63, 3.8) is 0 Å². The van der Waals surface area contributed by atoms with Crippen LogP contribution < -0.4 is 5.11 Å². The number of hydrogen-bond donors (Lipinski definition) is 0. The molecule has 0 rings (SSSR count). The van der Waals surface area contributed by atoms with Gasteiger partial charge in [0.1, 0.15) is 0 Å². The normalized spacial score (nSPS) is 9.83. The van der Waals surface area contributed by atoms with Crippen molar-refractivity contribution in [3.05, 3.63) is 0 Å². The van der Waals surface area contributed by atoms with Crippen molar-refractivity contribution in [2.24, 2.45) is 0 Å². The van der Waals surface area contributed by atoms with Crippen molar-refractivity contribution in [2.75, 3.05) is 0 Å². The van der Waals surface area contributed by atoms with Gasteiger partial charge in [0, 0.05) is 0 Å². The fourth-order valence-corrected chi connectivity index (χ4v) is 1.66. The summed E-state index contributed by atoms with van der Waals surface area (Å²) in [5, 5.41) is 13.1. The average molecular weight is 186 g/mol. The zero-order valence-electron chi connectivity index (χ0n) is 9.31. The quantitative estimate of drug-likeness (QED) is 0.488. The molecule has 0 bridgehead atoms. The molecule has 0 aromatic heterocycles. The van der Waals surface area contributed by atoms with Gasteiger partial charge < -0.3 is 5.11 Å². The summed E-state index contributed by atoms with van der Waals surface area (Å²) in [6.07, 6.45) is 2.80. The molecule has 0 aliphatic rings. The molecule has 12 heavy (non-hydrogen) atoms. The Hall–Kier alpha value is 0.492. The monoisotopic (exact) mass is 186 g/mol. The molecular formula is C10H23AlO. The third-order valence-electron chi connectivity index (χ3n) is 0.986. The molecule has 0 heterocycles. The fraction of sp³-hybridized carbons (Fsp3) is 1.00. The van der Waals surface area contributed by atoms with E-state index in [2.05, 4.69) is 13.8 Å². The van der Waals surface area contributed by atoms with Crippen LogP contribution in [0.3, 0.4) is 0 Å². The molecule has 0 N–H and O–H groups in total. The van der Waals surface area contributed by atoms with Crippen LogP contribution in [0.15, 0.2) is 0 Å². The Labute approximate surface area is 84.3 Å². The summed E-state index contributed by atoms with van der Waals surface area (Å²) in [5.41, 5.74) is -0.750. The van der Waals surface area contributed by atoms with Gasteiger partial charge in [-0.1, -0.05) is 20.8 Å². The summed E-state index contributed by atoms with van der Waals surface area (Å²) < 4.78 is 0. The molecule has 0 unspecified atom stereocenters. The van der Waals surface area contributed by atoms with E-state index >= 15 is 0 Å². The molecule has 0 radical (unpaired) electrons. The summed E-state index contributed by atoms with van der Waals surface area (Å²) in [6, 6.07) is 0. The summed E-state index contributed by atoms with van der Waals surface area (Å²) in [4.78, 5) is 0. The van der Waals surface area contributed by atoms with Gasteiger partial charge in [-0.3, -0.25) is 0 Å². The van der Waals surface area contributed by atoms with Gasteiger partial charge in [0.15, 0.2) is 0 Å². The number of rotatable bonds is 4. The average Bonchev–Trinajstić information content (AvgIpc) is 1.85. The molecule has 72 valence electrons. The van der Waals surface area contributed by atoms with E-state index < -0.39 is 5.60 Å². The van der Waals surface area contributed by atoms with Crippen molar-refractivity contribution in [3.8, 4) is 0 Å². The van der Waals surface area contributed by atoms with E-state index in [0.29, 0.717) is 0 Å². The van der Waals surface area contributed by atoms with Crippen LogP contribution in [0.25, 0.3) is 0 Å². The third kappa shape index (κ3) is 46.8. The van der Waals surface area contributed by atoms with Crippen LogP contribution in [-0.2, 0) is 0 Å². The van der Waals surface area contributed by atoms with Gasteiger partial charge in [0.05, 0.1) is 0 Å². The molecule has 0 aromatic carbocycles. The van der Waals surface area contributed by atoms with E-state index in [4.69, 9.17) is 0 Å². The first-order valence-corrected chi connectivity index (χ1v) is 6.57. The van der Waals surface area contributed by atoms with Crippen LogP contribution in [0, 0.1) is 0 Å². The molecule has 0 fully saturated rings. The van der Waals surface area contributed by atoms with E-state index in [1.54, 1.807) is 20.8 Å². The topological polar surface area (TPSA) is 23.1 Å². The van der Waals surface area contributed by atoms with Crippen molar-refractivity contribution in [1.29, 1.82) is 0 Å². The molecule has 0 aliphatic carbocycles. The molecule has 0 aliphatic heterocycles. The summed E-state index contributed by atoms with van der Waals surface area (Å²) in [5.74, 6) is 0. The van der Waals surface area contributed by atoms with Gasteiger partial charge in [0.2, 0.25) is 0 Å². The Morgan fingerprint density at radius 2 is 1.25 bits per heavy atom. The van der Waals surface area contributed by atoms with Crippen LogP contribution in [-0.4, -0.2) is 20.8 Å². The van der Waals surface area contributed by atoms with Gasteiger partial charge in [-0.2, -0.15) is 0 Å². The standard InChI is InChI=1S/C4H9O.2C3H7.Al/c1-4(2,3)5;2*1-3-2;/h1-3H3;2*1,3H2,2H3;/q-1;;;+1. The molecule has 0 saturated carbocycles. The van der Waals surface area contributed by atoms with E-state index in [-0.39, 0.29) is 0 Å². The Morgan fingerprint density at radius 3 is 1.42 bits per heavy atom. The molecule has 1 nitrogen and oxygen atoms in total. The fourth-order valence-electron chi connectivity index (χ4n) is 0.553. The van der Waals surface area contributed by atoms with Crippen molar-refractivity contribution < 1.29 is 5.11 Å². The minimum atomic E-state index is -0.750. The maximum atomic E-state index is 10.1. The number of hydrogen-bond acceptors (Lipinski definition) is 1. The predicted molar refractivity (Wildman–Crippen MR) is 55.7 cm³/mol. The SMILES string of the molecule is CC(C)(C)[O-].CC[CH2][Al+][CH2]CC. The Kier molecular flexibility index (Phi) is 12.0. The zero-order chi connectivity index (χ0) is 10.0. The predicted octanol–water partition coefficient (Wildman–Crippen LogP) is 2.49. The molecular weight excluding hydrogens is 163 g/mol.